The Labute approximate surface area is 267 Å². The summed E-state index contributed by atoms with van der Waals surface area (Å²) >= 11 is 1.75. The number of carbonyl (C=O) groups is 1. The number of aromatic hydroxyl groups is 2. The molecule has 0 aliphatic carbocycles. The topological polar surface area (TPSA) is 77.8 Å². The molecule has 0 amide bonds. The molecular formula is C35H47F5O4S. The van der Waals surface area contributed by atoms with Gasteiger partial charge in [-0.1, -0.05) is 83.4 Å². The van der Waals surface area contributed by atoms with Crippen LogP contribution in [0.4, 0.5) is 22.0 Å². The van der Waals surface area contributed by atoms with Gasteiger partial charge in [-0.15, -0.1) is 11.8 Å². The van der Waals surface area contributed by atoms with Crippen LogP contribution in [0.25, 0.3) is 0 Å². The molecule has 252 valence electrons. The maximum absolute atomic E-state index is 13.2. The number of carboxylic acids is 1. The molecule has 0 aromatic heterocycles. The molecule has 0 fully saturated rings. The van der Waals surface area contributed by atoms with E-state index in [9.17, 15) is 42.1 Å². The molecule has 0 spiro atoms. The fourth-order valence-corrected chi connectivity index (χ4v) is 8.10. The van der Waals surface area contributed by atoms with Gasteiger partial charge in [0.25, 0.3) is 0 Å². The highest BCUT2D eigenvalue weighted by Gasteiger charge is 2.56. The van der Waals surface area contributed by atoms with Gasteiger partial charge in [0.2, 0.25) is 0 Å². The smallest absolute Gasteiger partial charge is 0.453 e. The van der Waals surface area contributed by atoms with Crippen LogP contribution in [-0.4, -0.2) is 39.1 Å². The maximum atomic E-state index is 13.2. The average molecular weight is 659 g/mol. The van der Waals surface area contributed by atoms with Gasteiger partial charge in [0.15, 0.2) is 0 Å². The van der Waals surface area contributed by atoms with Gasteiger partial charge in [-0.25, -0.2) is 0 Å². The molecule has 0 saturated heterocycles. The Morgan fingerprint density at radius 1 is 0.822 bits per heavy atom. The number of aliphatic carboxylic acids is 1. The Morgan fingerprint density at radius 2 is 1.36 bits per heavy atom. The molecule has 1 aliphatic rings. The first-order valence-corrected chi connectivity index (χ1v) is 17.1. The zero-order valence-corrected chi connectivity index (χ0v) is 27.1. The van der Waals surface area contributed by atoms with Gasteiger partial charge < -0.3 is 15.3 Å². The first-order valence-electron chi connectivity index (χ1n) is 16.1. The zero-order chi connectivity index (χ0) is 33.3. The van der Waals surface area contributed by atoms with Gasteiger partial charge >= 0.3 is 18.1 Å². The second kappa shape index (κ2) is 15.9. The Bertz CT molecular complexity index is 1240. The van der Waals surface area contributed by atoms with Gasteiger partial charge in [-0.3, -0.25) is 4.79 Å². The quantitative estimate of drug-likeness (QED) is 0.110. The van der Waals surface area contributed by atoms with Crippen LogP contribution in [0.2, 0.25) is 0 Å². The molecule has 0 radical (unpaired) electrons. The molecule has 2 aromatic carbocycles. The molecular weight excluding hydrogens is 611 g/mol. The minimum absolute atomic E-state index is 0.0168. The lowest BCUT2D eigenvalue weighted by Crippen LogP contribution is -2.36. The third kappa shape index (κ3) is 9.52. The van der Waals surface area contributed by atoms with Crippen LogP contribution >= 0.6 is 11.8 Å². The number of phenolic OH excluding ortho intramolecular Hbond substituents is 2. The van der Waals surface area contributed by atoms with E-state index in [1.54, 1.807) is 36.9 Å². The van der Waals surface area contributed by atoms with Crippen LogP contribution in [0.3, 0.4) is 0 Å². The van der Waals surface area contributed by atoms with Crippen LogP contribution in [-0.2, 0) is 10.2 Å². The van der Waals surface area contributed by atoms with Crippen molar-refractivity contribution in [3.63, 3.8) is 0 Å². The molecule has 1 aliphatic heterocycles. The van der Waals surface area contributed by atoms with E-state index in [1.165, 1.54) is 11.1 Å². The van der Waals surface area contributed by atoms with Gasteiger partial charge in [0.05, 0.1) is 5.41 Å². The summed E-state index contributed by atoms with van der Waals surface area (Å²) in [5.41, 5.74) is 1.20. The molecule has 3 rings (SSSR count). The van der Waals surface area contributed by atoms with Crippen LogP contribution in [0.5, 0.6) is 11.5 Å². The van der Waals surface area contributed by atoms with E-state index in [4.69, 9.17) is 0 Å². The number of alkyl halides is 5. The van der Waals surface area contributed by atoms with E-state index in [-0.39, 0.29) is 42.1 Å². The van der Waals surface area contributed by atoms with Crippen molar-refractivity contribution in [2.45, 2.75) is 132 Å². The van der Waals surface area contributed by atoms with Crippen LogP contribution < -0.4 is 0 Å². The van der Waals surface area contributed by atoms with Crippen LogP contribution in [0.1, 0.15) is 121 Å². The van der Waals surface area contributed by atoms with Crippen molar-refractivity contribution in [3.05, 3.63) is 53.6 Å². The Balaban J connectivity index is 1.44. The fourth-order valence-electron chi connectivity index (χ4n) is 6.70. The molecule has 3 atom stereocenters. The van der Waals surface area contributed by atoms with E-state index in [0.29, 0.717) is 19.3 Å². The number of unbranched alkanes of at least 4 members (excludes halogenated alkanes) is 7. The molecule has 10 heteroatoms. The lowest BCUT2D eigenvalue weighted by molar-refractivity contribution is -0.284. The van der Waals surface area contributed by atoms with Gasteiger partial charge in [0, 0.05) is 22.5 Å². The summed E-state index contributed by atoms with van der Waals surface area (Å²) in [5.74, 6) is -4.13. The van der Waals surface area contributed by atoms with E-state index in [2.05, 4.69) is 6.92 Å². The Kier molecular flexibility index (Phi) is 13.0. The number of halogens is 5. The predicted octanol–water partition coefficient (Wildman–Crippen LogP) is 11.0. The number of hydrogen-bond donors (Lipinski definition) is 3. The maximum Gasteiger partial charge on any atom is 0.453 e. The van der Waals surface area contributed by atoms with E-state index >= 15 is 0 Å². The summed E-state index contributed by atoms with van der Waals surface area (Å²) in [6.45, 7) is 4.01. The minimum atomic E-state index is -5.58. The van der Waals surface area contributed by atoms with Crippen molar-refractivity contribution in [2.75, 3.05) is 5.75 Å². The Hall–Kier alpha value is -2.49. The van der Waals surface area contributed by atoms with Crippen LogP contribution in [0.15, 0.2) is 47.4 Å². The second-order valence-corrected chi connectivity index (χ2v) is 13.9. The molecule has 45 heavy (non-hydrogen) atoms. The summed E-state index contributed by atoms with van der Waals surface area (Å²) in [5, 5.41) is 29.7. The molecule has 0 saturated carbocycles. The average Bonchev–Trinajstić information content (AvgIpc) is 2.98. The van der Waals surface area contributed by atoms with E-state index in [1.807, 2.05) is 24.3 Å². The van der Waals surface area contributed by atoms with Crippen molar-refractivity contribution < 1.29 is 42.1 Å². The number of rotatable bonds is 18. The fraction of sp³-hybridized carbons (Fsp3) is 0.629. The monoisotopic (exact) mass is 658 g/mol. The molecule has 2 aromatic rings. The SMILES string of the molecule is CCC(CCCCCCCCCC1c2ccc(O)cc2SCC1(C)c1ccc(O)cc1)(CCCCC(F)(F)C(F)(F)F)C(=O)O. The third-order valence-corrected chi connectivity index (χ3v) is 11.2. The van der Waals surface area contributed by atoms with Gasteiger partial charge in [0.1, 0.15) is 11.5 Å². The van der Waals surface area contributed by atoms with Gasteiger partial charge in [-0.05, 0) is 73.4 Å². The number of fused-ring (bicyclic) bond motifs is 1. The zero-order valence-electron chi connectivity index (χ0n) is 26.3. The summed E-state index contributed by atoms with van der Waals surface area (Å²) in [7, 11) is 0. The first kappa shape index (κ1) is 37.0. The van der Waals surface area contributed by atoms with Crippen molar-refractivity contribution in [1.29, 1.82) is 0 Å². The largest absolute Gasteiger partial charge is 0.508 e. The summed E-state index contributed by atoms with van der Waals surface area (Å²) in [4.78, 5) is 13.2. The number of phenols is 2. The third-order valence-electron chi connectivity index (χ3n) is 9.79. The molecule has 4 nitrogen and oxygen atoms in total. The van der Waals surface area contributed by atoms with E-state index < -0.39 is 29.9 Å². The molecule has 3 unspecified atom stereocenters. The summed E-state index contributed by atoms with van der Waals surface area (Å²) in [6.07, 6.45) is 1.14. The lowest BCUT2D eigenvalue weighted by Gasteiger charge is -2.43. The molecule has 1 heterocycles. The van der Waals surface area contributed by atoms with E-state index in [0.717, 1.165) is 55.6 Å². The summed E-state index contributed by atoms with van der Waals surface area (Å²) < 4.78 is 63.7. The van der Waals surface area contributed by atoms with Crippen molar-refractivity contribution >= 4 is 17.7 Å². The standard InChI is InChI=1S/C35H47F5O4S/c1-3-33(31(43)44,21-11-12-22-34(36,37)35(38,39)40)20-10-8-6-4-5-7-9-13-29-28-19-18-27(42)23-30(28)45-24-32(29,2)25-14-16-26(41)17-15-25/h14-19,23,29,41-42H,3-13,20-22,24H2,1-2H3,(H,43,44). The molecule has 0 bridgehead atoms. The van der Waals surface area contributed by atoms with Crippen molar-refractivity contribution in [1.82, 2.24) is 0 Å². The minimum Gasteiger partial charge on any atom is -0.508 e. The summed E-state index contributed by atoms with van der Waals surface area (Å²) in [6, 6.07) is 13.1. The highest BCUT2D eigenvalue weighted by atomic mass is 32.2. The van der Waals surface area contributed by atoms with Crippen molar-refractivity contribution in [2.24, 2.45) is 5.41 Å². The molecule has 3 N–H and O–H groups in total. The highest BCUT2D eigenvalue weighted by Crippen LogP contribution is 2.52. The highest BCUT2D eigenvalue weighted by molar-refractivity contribution is 7.99. The number of benzene rings is 2. The number of carboxylic acid groups (broad SMARTS) is 1. The Morgan fingerprint density at radius 3 is 1.93 bits per heavy atom. The second-order valence-electron chi connectivity index (χ2n) is 12.9. The number of thioether (sulfide) groups is 1. The predicted molar refractivity (Wildman–Crippen MR) is 168 cm³/mol. The van der Waals surface area contributed by atoms with Crippen molar-refractivity contribution in [3.8, 4) is 11.5 Å². The van der Waals surface area contributed by atoms with Gasteiger partial charge in [-0.2, -0.15) is 22.0 Å². The lowest BCUT2D eigenvalue weighted by atomic mass is 9.68. The first-order chi connectivity index (χ1) is 21.1. The number of hydrogen-bond acceptors (Lipinski definition) is 4. The van der Waals surface area contributed by atoms with Crippen LogP contribution in [0, 0.1) is 5.41 Å². The normalized spacial score (nSPS) is 20.0.